The first-order chi connectivity index (χ1) is 14.0. The molecule has 0 aliphatic carbocycles. The van der Waals surface area contributed by atoms with Crippen LogP contribution in [-0.4, -0.2) is 22.8 Å². The second kappa shape index (κ2) is 8.05. The first-order valence-corrected chi connectivity index (χ1v) is 10.3. The first-order valence-electron chi connectivity index (χ1n) is 9.44. The summed E-state index contributed by atoms with van der Waals surface area (Å²) in [6.45, 7) is 4.37. The van der Waals surface area contributed by atoms with Crippen LogP contribution < -0.4 is 15.5 Å². The molecule has 0 saturated carbocycles. The molecule has 0 bridgehead atoms. The predicted molar refractivity (Wildman–Crippen MR) is 116 cm³/mol. The van der Waals surface area contributed by atoms with E-state index in [4.69, 9.17) is 0 Å². The Morgan fingerprint density at radius 1 is 1.17 bits per heavy atom. The van der Waals surface area contributed by atoms with Crippen LogP contribution in [0.1, 0.15) is 22.7 Å². The fourth-order valence-electron chi connectivity index (χ4n) is 3.50. The molecule has 0 spiro atoms. The number of fused-ring (bicyclic) bond motifs is 1. The SMILES string of the molecule is Cc1nc(CN2c3ccccc3NC(=O)C2CC(=O)Nc2ccccc2C)cs1. The normalized spacial score (nSPS) is 15.6. The van der Waals surface area contributed by atoms with Gasteiger partial charge in [0.25, 0.3) is 0 Å². The number of para-hydroxylation sites is 3. The van der Waals surface area contributed by atoms with Gasteiger partial charge in [0.1, 0.15) is 6.04 Å². The first kappa shape index (κ1) is 19.1. The average molecular weight is 407 g/mol. The fourth-order valence-corrected chi connectivity index (χ4v) is 4.10. The highest BCUT2D eigenvalue weighted by Crippen LogP contribution is 2.34. The van der Waals surface area contributed by atoms with Crippen molar-refractivity contribution in [2.45, 2.75) is 32.9 Å². The molecule has 4 rings (SSSR count). The number of anilines is 3. The monoisotopic (exact) mass is 406 g/mol. The molecule has 2 N–H and O–H groups in total. The lowest BCUT2D eigenvalue weighted by atomic mass is 10.0. The molecule has 148 valence electrons. The Morgan fingerprint density at radius 2 is 1.93 bits per heavy atom. The third kappa shape index (κ3) is 4.14. The number of thiazole rings is 1. The summed E-state index contributed by atoms with van der Waals surface area (Å²) in [5.74, 6) is -0.381. The van der Waals surface area contributed by atoms with E-state index in [0.29, 0.717) is 6.54 Å². The lowest BCUT2D eigenvalue weighted by Gasteiger charge is -2.37. The van der Waals surface area contributed by atoms with E-state index < -0.39 is 6.04 Å². The second-order valence-electron chi connectivity index (χ2n) is 7.08. The highest BCUT2D eigenvalue weighted by atomic mass is 32.1. The lowest BCUT2D eigenvalue weighted by Crippen LogP contribution is -2.49. The summed E-state index contributed by atoms with van der Waals surface area (Å²) in [7, 11) is 0. The molecule has 1 aromatic heterocycles. The minimum absolute atomic E-state index is 0.0532. The van der Waals surface area contributed by atoms with E-state index in [0.717, 1.165) is 33.3 Å². The lowest BCUT2D eigenvalue weighted by molar-refractivity contribution is -0.122. The third-order valence-electron chi connectivity index (χ3n) is 4.95. The number of aryl methyl sites for hydroxylation is 2. The molecule has 0 radical (unpaired) electrons. The van der Waals surface area contributed by atoms with Crippen molar-refractivity contribution < 1.29 is 9.59 Å². The summed E-state index contributed by atoms with van der Waals surface area (Å²) in [5.41, 5.74) is 4.28. The van der Waals surface area contributed by atoms with Gasteiger partial charge in [-0.2, -0.15) is 0 Å². The average Bonchev–Trinajstić information content (AvgIpc) is 3.11. The molecule has 3 aromatic rings. The Balaban J connectivity index is 1.60. The molecule has 1 atom stereocenters. The van der Waals surface area contributed by atoms with Crippen LogP contribution in [0.4, 0.5) is 17.1 Å². The number of amides is 2. The van der Waals surface area contributed by atoms with Crippen molar-refractivity contribution in [2.75, 3.05) is 15.5 Å². The molecule has 7 heteroatoms. The maximum Gasteiger partial charge on any atom is 0.247 e. The van der Waals surface area contributed by atoms with Crippen molar-refractivity contribution in [3.8, 4) is 0 Å². The Kier molecular flexibility index (Phi) is 5.31. The van der Waals surface area contributed by atoms with Gasteiger partial charge in [-0.1, -0.05) is 30.3 Å². The number of nitrogens with zero attached hydrogens (tertiary/aromatic N) is 2. The van der Waals surface area contributed by atoms with Crippen molar-refractivity contribution in [3.05, 3.63) is 70.2 Å². The van der Waals surface area contributed by atoms with Crippen molar-refractivity contribution in [1.82, 2.24) is 4.98 Å². The Labute approximate surface area is 173 Å². The van der Waals surface area contributed by atoms with Crippen LogP contribution in [0.2, 0.25) is 0 Å². The molecule has 6 nitrogen and oxygen atoms in total. The van der Waals surface area contributed by atoms with Crippen molar-refractivity contribution in [2.24, 2.45) is 0 Å². The van der Waals surface area contributed by atoms with E-state index in [1.165, 1.54) is 0 Å². The van der Waals surface area contributed by atoms with Gasteiger partial charge in [-0.15, -0.1) is 11.3 Å². The molecule has 29 heavy (non-hydrogen) atoms. The van der Waals surface area contributed by atoms with Gasteiger partial charge in [-0.3, -0.25) is 9.59 Å². The quantitative estimate of drug-likeness (QED) is 0.669. The number of nitrogens with one attached hydrogen (secondary N) is 2. The summed E-state index contributed by atoms with van der Waals surface area (Å²) in [5, 5.41) is 8.84. The van der Waals surface area contributed by atoms with E-state index in [1.54, 1.807) is 11.3 Å². The van der Waals surface area contributed by atoms with Gasteiger partial charge in [0.05, 0.1) is 35.0 Å². The van der Waals surface area contributed by atoms with Gasteiger partial charge in [0, 0.05) is 11.1 Å². The zero-order valence-electron chi connectivity index (χ0n) is 16.3. The van der Waals surface area contributed by atoms with Crippen LogP contribution in [0.15, 0.2) is 53.9 Å². The largest absolute Gasteiger partial charge is 0.351 e. The molecule has 0 saturated heterocycles. The summed E-state index contributed by atoms with van der Waals surface area (Å²) >= 11 is 1.58. The van der Waals surface area contributed by atoms with Crippen LogP contribution in [0.5, 0.6) is 0 Å². The number of carbonyl (C=O) groups is 2. The summed E-state index contributed by atoms with van der Waals surface area (Å²) < 4.78 is 0. The van der Waals surface area contributed by atoms with Crippen LogP contribution in [0, 0.1) is 13.8 Å². The number of carbonyl (C=O) groups excluding carboxylic acids is 2. The van der Waals surface area contributed by atoms with Crippen molar-refractivity contribution >= 4 is 40.2 Å². The Bertz CT molecular complexity index is 1060. The topological polar surface area (TPSA) is 74.3 Å². The highest BCUT2D eigenvalue weighted by Gasteiger charge is 2.34. The van der Waals surface area contributed by atoms with Crippen LogP contribution in [0.3, 0.4) is 0 Å². The molecular formula is C22H22N4O2S. The summed E-state index contributed by atoms with van der Waals surface area (Å²) in [6.07, 6.45) is 0.0532. The van der Waals surface area contributed by atoms with Gasteiger partial charge in [0.15, 0.2) is 0 Å². The summed E-state index contributed by atoms with van der Waals surface area (Å²) in [6, 6.07) is 14.6. The second-order valence-corrected chi connectivity index (χ2v) is 8.14. The third-order valence-corrected chi connectivity index (χ3v) is 5.77. The maximum absolute atomic E-state index is 12.9. The number of rotatable bonds is 5. The Morgan fingerprint density at radius 3 is 2.69 bits per heavy atom. The van der Waals surface area contributed by atoms with E-state index in [9.17, 15) is 9.59 Å². The molecule has 2 heterocycles. The van der Waals surface area contributed by atoms with Gasteiger partial charge >= 0.3 is 0 Å². The standard InChI is InChI=1S/C22H22N4O2S/c1-14-7-3-4-8-17(14)24-21(27)11-20-22(28)25-18-9-5-6-10-19(18)26(20)12-16-13-29-15(2)23-16/h3-10,13,20H,11-12H2,1-2H3,(H,24,27)(H,25,28). The minimum atomic E-state index is -0.615. The molecule has 1 aliphatic rings. The van der Waals surface area contributed by atoms with Crippen LogP contribution in [0.25, 0.3) is 0 Å². The number of aromatic nitrogens is 1. The molecular weight excluding hydrogens is 384 g/mol. The highest BCUT2D eigenvalue weighted by molar-refractivity contribution is 7.09. The maximum atomic E-state index is 12.9. The van der Waals surface area contributed by atoms with Crippen LogP contribution >= 0.6 is 11.3 Å². The number of hydrogen-bond donors (Lipinski definition) is 2. The van der Waals surface area contributed by atoms with Gasteiger partial charge in [-0.25, -0.2) is 4.98 Å². The zero-order chi connectivity index (χ0) is 20.4. The molecule has 0 fully saturated rings. The van der Waals surface area contributed by atoms with Crippen molar-refractivity contribution in [1.29, 1.82) is 0 Å². The predicted octanol–water partition coefficient (Wildman–Crippen LogP) is 4.12. The van der Waals surface area contributed by atoms with E-state index in [1.807, 2.05) is 72.7 Å². The van der Waals surface area contributed by atoms with E-state index in [2.05, 4.69) is 15.6 Å². The van der Waals surface area contributed by atoms with Gasteiger partial charge in [-0.05, 0) is 37.6 Å². The number of benzene rings is 2. The zero-order valence-corrected chi connectivity index (χ0v) is 17.1. The molecule has 1 unspecified atom stereocenters. The fraction of sp³-hybridized carbons (Fsp3) is 0.227. The van der Waals surface area contributed by atoms with E-state index >= 15 is 0 Å². The minimum Gasteiger partial charge on any atom is -0.351 e. The summed E-state index contributed by atoms with van der Waals surface area (Å²) in [4.78, 5) is 32.1. The smallest absolute Gasteiger partial charge is 0.247 e. The molecule has 2 aromatic carbocycles. The van der Waals surface area contributed by atoms with Gasteiger partial charge < -0.3 is 15.5 Å². The van der Waals surface area contributed by atoms with Crippen LogP contribution in [-0.2, 0) is 16.1 Å². The van der Waals surface area contributed by atoms with E-state index in [-0.39, 0.29) is 18.2 Å². The Hall–Kier alpha value is -3.19. The molecule has 1 aliphatic heterocycles. The van der Waals surface area contributed by atoms with Crippen molar-refractivity contribution in [3.63, 3.8) is 0 Å². The number of hydrogen-bond acceptors (Lipinski definition) is 5. The molecule has 2 amide bonds. The van der Waals surface area contributed by atoms with Gasteiger partial charge in [0.2, 0.25) is 11.8 Å².